The number of fused-ring (bicyclic) bond motifs is 1. The van der Waals surface area contributed by atoms with Crippen LogP contribution in [0.5, 0.6) is 0 Å². The van der Waals surface area contributed by atoms with E-state index in [-0.39, 0.29) is 41.5 Å². The average molecular weight is 487 g/mol. The molecule has 3 atom stereocenters. The summed E-state index contributed by atoms with van der Waals surface area (Å²) in [4.78, 5) is 51.6. The zero-order chi connectivity index (χ0) is 23.6. The van der Waals surface area contributed by atoms with E-state index in [9.17, 15) is 24.3 Å². The molecule has 2 saturated heterocycles. The number of carboxylic acids is 1. The summed E-state index contributed by atoms with van der Waals surface area (Å²) in [5.41, 5.74) is 1.12. The van der Waals surface area contributed by atoms with E-state index in [0.717, 1.165) is 17.3 Å². The number of carbonyl (C=O) groups excluding carboxylic acids is 3. The van der Waals surface area contributed by atoms with Gasteiger partial charge in [0.05, 0.1) is 19.1 Å². The Bertz CT molecular complexity index is 1100. The third-order valence-corrected chi connectivity index (χ3v) is 8.69. The third-order valence-electron chi connectivity index (χ3n) is 5.57. The minimum atomic E-state index is -1.33. The number of rotatable bonds is 7. The summed E-state index contributed by atoms with van der Waals surface area (Å²) in [6.45, 7) is -0.0237. The molecule has 33 heavy (non-hydrogen) atoms. The molecule has 10 heteroatoms. The van der Waals surface area contributed by atoms with Crippen molar-refractivity contribution >= 4 is 47.3 Å². The van der Waals surface area contributed by atoms with Crippen LogP contribution >= 0.6 is 23.5 Å². The number of ether oxygens (including phenoxy) is 1. The Labute approximate surface area is 199 Å². The van der Waals surface area contributed by atoms with Gasteiger partial charge in [0, 0.05) is 17.2 Å². The minimum Gasteiger partial charge on any atom is -0.480 e. The highest BCUT2D eigenvalue weighted by Crippen LogP contribution is 2.47. The molecule has 2 N–H and O–H groups in total. The van der Waals surface area contributed by atoms with E-state index in [4.69, 9.17) is 4.74 Å². The molecule has 0 aromatic heterocycles. The molecule has 0 spiro atoms. The van der Waals surface area contributed by atoms with Crippen molar-refractivity contribution in [1.29, 1.82) is 0 Å². The van der Waals surface area contributed by atoms with Crippen LogP contribution in [0.25, 0.3) is 0 Å². The number of β-lactam (4-membered cyclic amide) rings is 1. The van der Waals surface area contributed by atoms with Gasteiger partial charge in [-0.2, -0.15) is 0 Å². The van der Waals surface area contributed by atoms with Crippen LogP contribution in [0.2, 0.25) is 0 Å². The Morgan fingerprint density at radius 2 is 1.88 bits per heavy atom. The second-order valence-corrected chi connectivity index (χ2v) is 10.3. The highest BCUT2D eigenvalue weighted by molar-refractivity contribution is 8.05. The third kappa shape index (κ3) is 4.58. The standard InChI is InChI=1S/C23H22N2O6S2/c1-31-21(28)15-9-5-6-10-16(15)33-23(22(29)30)12-25-19(27)18(20(25)32-13-23)24-17(26)11-14-7-3-2-4-8-14/h2-10,18,20H,11-13H2,1H3,(H,24,26)(H,29,30)/t18-,20-,23?/m1/s1. The van der Waals surface area contributed by atoms with Gasteiger partial charge in [0.2, 0.25) is 11.8 Å². The van der Waals surface area contributed by atoms with Crippen LogP contribution in [0.3, 0.4) is 0 Å². The maximum Gasteiger partial charge on any atom is 0.338 e. The lowest BCUT2D eigenvalue weighted by atomic mass is 10.0. The summed E-state index contributed by atoms with van der Waals surface area (Å²) >= 11 is 2.37. The van der Waals surface area contributed by atoms with E-state index in [0.29, 0.717) is 4.90 Å². The van der Waals surface area contributed by atoms with Gasteiger partial charge in [-0.25, -0.2) is 4.79 Å². The summed E-state index contributed by atoms with van der Waals surface area (Å²) in [6.07, 6.45) is 0.168. The Kier molecular flexibility index (Phi) is 6.66. The van der Waals surface area contributed by atoms with Gasteiger partial charge in [0.15, 0.2) is 0 Å². The molecular formula is C23H22N2O6S2. The minimum absolute atomic E-state index is 0.0237. The van der Waals surface area contributed by atoms with Crippen LogP contribution in [-0.4, -0.2) is 69.3 Å². The molecule has 4 rings (SSSR count). The maximum atomic E-state index is 12.8. The van der Waals surface area contributed by atoms with Crippen molar-refractivity contribution in [3.05, 3.63) is 65.7 Å². The summed E-state index contributed by atoms with van der Waals surface area (Å²) < 4.78 is 3.48. The quantitative estimate of drug-likeness (QED) is 0.452. The van der Waals surface area contributed by atoms with E-state index >= 15 is 0 Å². The number of carbonyl (C=O) groups is 4. The van der Waals surface area contributed by atoms with Crippen LogP contribution < -0.4 is 5.32 Å². The van der Waals surface area contributed by atoms with Crippen molar-refractivity contribution in [3.8, 4) is 0 Å². The van der Waals surface area contributed by atoms with Crippen LogP contribution in [-0.2, 0) is 25.5 Å². The van der Waals surface area contributed by atoms with Gasteiger partial charge >= 0.3 is 11.9 Å². The molecule has 2 aromatic rings. The first kappa shape index (κ1) is 23.2. The summed E-state index contributed by atoms with van der Waals surface area (Å²) in [7, 11) is 1.27. The molecule has 0 bridgehead atoms. The number of amides is 2. The molecule has 1 unspecified atom stereocenters. The van der Waals surface area contributed by atoms with E-state index in [2.05, 4.69) is 5.32 Å². The Morgan fingerprint density at radius 1 is 1.18 bits per heavy atom. The van der Waals surface area contributed by atoms with Gasteiger partial charge in [-0.1, -0.05) is 42.5 Å². The molecule has 0 saturated carbocycles. The first-order valence-electron chi connectivity index (χ1n) is 10.2. The van der Waals surface area contributed by atoms with Crippen molar-refractivity contribution < 1.29 is 29.0 Å². The van der Waals surface area contributed by atoms with Crippen LogP contribution in [0.15, 0.2) is 59.5 Å². The van der Waals surface area contributed by atoms with Gasteiger partial charge in [-0.3, -0.25) is 14.4 Å². The first-order valence-corrected chi connectivity index (χ1v) is 12.1. The monoisotopic (exact) mass is 486 g/mol. The number of nitrogens with zero attached hydrogens (tertiary/aromatic N) is 1. The average Bonchev–Trinajstić information content (AvgIpc) is 2.83. The number of aliphatic carboxylic acids is 1. The molecule has 0 aliphatic carbocycles. The zero-order valence-corrected chi connectivity index (χ0v) is 19.4. The van der Waals surface area contributed by atoms with Crippen molar-refractivity contribution in [1.82, 2.24) is 10.2 Å². The van der Waals surface area contributed by atoms with E-state index in [1.54, 1.807) is 24.3 Å². The van der Waals surface area contributed by atoms with Gasteiger partial charge in [0.25, 0.3) is 0 Å². The molecule has 2 aliphatic heterocycles. The Balaban J connectivity index is 1.45. The Hall–Kier alpha value is -2.98. The van der Waals surface area contributed by atoms with Crippen molar-refractivity contribution in [2.75, 3.05) is 19.4 Å². The molecule has 2 heterocycles. The van der Waals surface area contributed by atoms with E-state index in [1.165, 1.54) is 23.8 Å². The largest absolute Gasteiger partial charge is 0.480 e. The van der Waals surface area contributed by atoms with Crippen molar-refractivity contribution in [2.45, 2.75) is 27.5 Å². The van der Waals surface area contributed by atoms with Crippen molar-refractivity contribution in [2.24, 2.45) is 0 Å². The van der Waals surface area contributed by atoms with Crippen molar-refractivity contribution in [3.63, 3.8) is 0 Å². The fraction of sp³-hybridized carbons (Fsp3) is 0.304. The number of hydrogen-bond donors (Lipinski definition) is 2. The highest BCUT2D eigenvalue weighted by atomic mass is 32.2. The summed E-state index contributed by atoms with van der Waals surface area (Å²) in [6, 6.07) is 15.2. The topological polar surface area (TPSA) is 113 Å². The van der Waals surface area contributed by atoms with E-state index < -0.39 is 22.7 Å². The van der Waals surface area contributed by atoms with Gasteiger partial charge in [0.1, 0.15) is 16.2 Å². The number of thioether (sulfide) groups is 2. The predicted octanol–water partition coefficient (Wildman–Crippen LogP) is 2.03. The second-order valence-electron chi connectivity index (χ2n) is 7.76. The molecule has 8 nitrogen and oxygen atoms in total. The highest BCUT2D eigenvalue weighted by Gasteiger charge is 2.58. The van der Waals surface area contributed by atoms with E-state index in [1.807, 2.05) is 30.3 Å². The fourth-order valence-corrected chi connectivity index (χ4v) is 6.79. The smallest absolute Gasteiger partial charge is 0.338 e. The van der Waals surface area contributed by atoms with Crippen LogP contribution in [0.4, 0.5) is 0 Å². The predicted molar refractivity (Wildman–Crippen MR) is 124 cm³/mol. The van der Waals surface area contributed by atoms with Gasteiger partial charge in [-0.05, 0) is 17.7 Å². The Morgan fingerprint density at radius 3 is 2.58 bits per heavy atom. The number of nitrogens with one attached hydrogen (secondary N) is 1. The zero-order valence-electron chi connectivity index (χ0n) is 17.7. The van der Waals surface area contributed by atoms with Crippen LogP contribution in [0, 0.1) is 0 Å². The molecular weight excluding hydrogens is 464 g/mol. The number of methoxy groups -OCH3 is 1. The molecule has 2 fully saturated rings. The number of esters is 1. The normalized spacial score (nSPS) is 23.8. The summed E-state index contributed by atoms with van der Waals surface area (Å²) in [5.74, 6) is -1.97. The van der Waals surface area contributed by atoms with Crippen LogP contribution in [0.1, 0.15) is 15.9 Å². The maximum absolute atomic E-state index is 12.8. The number of carboxylic acid groups (broad SMARTS) is 1. The summed E-state index contributed by atoms with van der Waals surface area (Å²) in [5, 5.41) is 12.5. The first-order chi connectivity index (χ1) is 15.8. The molecule has 2 aromatic carbocycles. The molecule has 172 valence electrons. The number of benzene rings is 2. The van der Waals surface area contributed by atoms with Gasteiger partial charge < -0.3 is 20.1 Å². The fourth-order valence-electron chi connectivity index (χ4n) is 3.84. The SMILES string of the molecule is COC(=O)c1ccccc1SC1(C(=O)O)CS[C@@H]2[C@H](NC(=O)Cc3ccccc3)C(=O)N2C1. The molecule has 2 amide bonds. The number of hydrogen-bond acceptors (Lipinski definition) is 7. The second kappa shape index (κ2) is 9.48. The molecule has 0 radical (unpaired) electrons. The lowest BCUT2D eigenvalue weighted by Crippen LogP contribution is -2.74. The molecule has 2 aliphatic rings. The van der Waals surface area contributed by atoms with Gasteiger partial charge in [-0.15, -0.1) is 23.5 Å². The lowest BCUT2D eigenvalue weighted by molar-refractivity contribution is -0.152. The lowest BCUT2D eigenvalue weighted by Gasteiger charge is -2.53.